The van der Waals surface area contributed by atoms with Crippen LogP contribution in [0.15, 0.2) is 0 Å². The molecule has 0 aliphatic carbocycles. The molecular formula is C12H20N2O2. The van der Waals surface area contributed by atoms with E-state index in [2.05, 4.69) is 9.80 Å². The molecule has 0 amide bonds. The summed E-state index contributed by atoms with van der Waals surface area (Å²) in [5.41, 5.74) is 0. The van der Waals surface area contributed by atoms with Gasteiger partial charge in [-0.2, -0.15) is 0 Å². The Labute approximate surface area is 96.2 Å². The van der Waals surface area contributed by atoms with Crippen LogP contribution < -0.4 is 0 Å². The molecule has 3 rings (SSSR count). The molecule has 3 aliphatic rings. The van der Waals surface area contributed by atoms with E-state index < -0.39 is 5.97 Å². The summed E-state index contributed by atoms with van der Waals surface area (Å²) in [7, 11) is 0. The van der Waals surface area contributed by atoms with E-state index in [1.165, 1.54) is 32.4 Å². The Hall–Kier alpha value is -0.610. The summed E-state index contributed by atoms with van der Waals surface area (Å²) in [4.78, 5) is 15.7. The van der Waals surface area contributed by atoms with Gasteiger partial charge in [0.25, 0.3) is 0 Å². The highest BCUT2D eigenvalue weighted by Crippen LogP contribution is 2.35. The van der Waals surface area contributed by atoms with Crippen LogP contribution in [0.5, 0.6) is 0 Å². The standard InChI is InChI=1S/C12H20N2O2/c15-12(16)6-9-7-14(8-9)11-3-5-13-4-1-2-10(11)13/h9-11H,1-8H2,(H,15,16). The topological polar surface area (TPSA) is 43.8 Å². The maximum Gasteiger partial charge on any atom is 0.303 e. The van der Waals surface area contributed by atoms with Crippen molar-refractivity contribution in [2.24, 2.45) is 5.92 Å². The highest BCUT2D eigenvalue weighted by Gasteiger charge is 2.44. The maximum atomic E-state index is 10.6. The molecule has 2 atom stereocenters. The Morgan fingerprint density at radius 2 is 1.88 bits per heavy atom. The molecule has 4 heteroatoms. The van der Waals surface area contributed by atoms with Crippen LogP contribution in [0.3, 0.4) is 0 Å². The number of hydrogen-bond acceptors (Lipinski definition) is 3. The number of carbonyl (C=O) groups is 1. The van der Waals surface area contributed by atoms with Gasteiger partial charge in [-0.3, -0.25) is 14.6 Å². The van der Waals surface area contributed by atoms with Crippen molar-refractivity contribution >= 4 is 5.97 Å². The molecular weight excluding hydrogens is 204 g/mol. The van der Waals surface area contributed by atoms with E-state index in [4.69, 9.17) is 5.11 Å². The van der Waals surface area contributed by atoms with Crippen LogP contribution in [0.1, 0.15) is 25.7 Å². The van der Waals surface area contributed by atoms with E-state index in [0.29, 0.717) is 12.3 Å². The average molecular weight is 224 g/mol. The SMILES string of the molecule is O=C(O)CC1CN(C2CCN3CCCC23)C1. The third kappa shape index (κ3) is 1.74. The van der Waals surface area contributed by atoms with Crippen molar-refractivity contribution in [3.05, 3.63) is 0 Å². The van der Waals surface area contributed by atoms with Crippen molar-refractivity contribution in [1.82, 2.24) is 9.80 Å². The van der Waals surface area contributed by atoms with Crippen LogP contribution in [0.4, 0.5) is 0 Å². The molecule has 3 fully saturated rings. The fourth-order valence-corrected chi connectivity index (χ4v) is 3.74. The second kappa shape index (κ2) is 4.00. The van der Waals surface area contributed by atoms with Crippen LogP contribution in [0, 0.1) is 5.92 Å². The third-order valence-corrected chi connectivity index (χ3v) is 4.49. The van der Waals surface area contributed by atoms with Crippen LogP contribution >= 0.6 is 0 Å². The molecule has 2 unspecified atom stereocenters. The molecule has 0 saturated carbocycles. The number of carboxylic acids is 1. The predicted molar refractivity (Wildman–Crippen MR) is 60.3 cm³/mol. The lowest BCUT2D eigenvalue weighted by Crippen LogP contribution is -2.55. The van der Waals surface area contributed by atoms with E-state index in [0.717, 1.165) is 25.2 Å². The highest BCUT2D eigenvalue weighted by molar-refractivity contribution is 5.67. The molecule has 0 radical (unpaired) electrons. The minimum atomic E-state index is -0.640. The average Bonchev–Trinajstić information content (AvgIpc) is 2.71. The minimum Gasteiger partial charge on any atom is -0.481 e. The van der Waals surface area contributed by atoms with Crippen LogP contribution in [-0.4, -0.2) is 59.1 Å². The lowest BCUT2D eigenvalue weighted by atomic mass is 9.91. The first-order valence-corrected chi connectivity index (χ1v) is 6.44. The predicted octanol–water partition coefficient (Wildman–Crippen LogP) is 0.630. The van der Waals surface area contributed by atoms with E-state index >= 15 is 0 Å². The van der Waals surface area contributed by atoms with Gasteiger partial charge in [0, 0.05) is 31.7 Å². The molecule has 0 aromatic heterocycles. The lowest BCUT2D eigenvalue weighted by Gasteiger charge is -2.44. The van der Waals surface area contributed by atoms with Gasteiger partial charge in [0.15, 0.2) is 0 Å². The van der Waals surface area contributed by atoms with E-state index in [-0.39, 0.29) is 0 Å². The fourth-order valence-electron chi connectivity index (χ4n) is 3.74. The van der Waals surface area contributed by atoms with Crippen molar-refractivity contribution in [3.63, 3.8) is 0 Å². The van der Waals surface area contributed by atoms with Crippen molar-refractivity contribution in [3.8, 4) is 0 Å². The van der Waals surface area contributed by atoms with Crippen molar-refractivity contribution in [1.29, 1.82) is 0 Å². The van der Waals surface area contributed by atoms with Crippen molar-refractivity contribution in [2.45, 2.75) is 37.8 Å². The highest BCUT2D eigenvalue weighted by atomic mass is 16.4. The van der Waals surface area contributed by atoms with Gasteiger partial charge in [-0.05, 0) is 31.7 Å². The zero-order valence-electron chi connectivity index (χ0n) is 9.64. The molecule has 0 spiro atoms. The summed E-state index contributed by atoms with van der Waals surface area (Å²) >= 11 is 0. The summed E-state index contributed by atoms with van der Waals surface area (Å²) in [5, 5.41) is 8.72. The van der Waals surface area contributed by atoms with Gasteiger partial charge in [-0.15, -0.1) is 0 Å². The second-order valence-corrected chi connectivity index (χ2v) is 5.52. The van der Waals surface area contributed by atoms with Gasteiger partial charge in [0.2, 0.25) is 0 Å². The number of aliphatic carboxylic acids is 1. The molecule has 3 heterocycles. The first kappa shape index (κ1) is 10.5. The number of hydrogen-bond donors (Lipinski definition) is 1. The van der Waals surface area contributed by atoms with E-state index in [1.807, 2.05) is 0 Å². The molecule has 4 nitrogen and oxygen atoms in total. The van der Waals surface area contributed by atoms with Crippen LogP contribution in [-0.2, 0) is 4.79 Å². The Balaban J connectivity index is 1.51. The van der Waals surface area contributed by atoms with Gasteiger partial charge in [0.05, 0.1) is 6.42 Å². The van der Waals surface area contributed by atoms with Gasteiger partial charge in [-0.25, -0.2) is 0 Å². The number of carboxylic acid groups (broad SMARTS) is 1. The van der Waals surface area contributed by atoms with E-state index in [1.54, 1.807) is 0 Å². The molecule has 0 aromatic carbocycles. The molecule has 90 valence electrons. The van der Waals surface area contributed by atoms with Crippen LogP contribution in [0.2, 0.25) is 0 Å². The zero-order valence-corrected chi connectivity index (χ0v) is 9.64. The van der Waals surface area contributed by atoms with Crippen LogP contribution in [0.25, 0.3) is 0 Å². The second-order valence-electron chi connectivity index (χ2n) is 5.52. The molecule has 16 heavy (non-hydrogen) atoms. The van der Waals surface area contributed by atoms with Gasteiger partial charge >= 0.3 is 5.97 Å². The number of nitrogens with zero attached hydrogens (tertiary/aromatic N) is 2. The first-order valence-electron chi connectivity index (χ1n) is 6.44. The Morgan fingerprint density at radius 3 is 2.62 bits per heavy atom. The Bertz CT molecular complexity index is 289. The molecule has 0 bridgehead atoms. The summed E-state index contributed by atoms with van der Waals surface area (Å²) in [5.74, 6) is -0.230. The summed E-state index contributed by atoms with van der Waals surface area (Å²) in [6.07, 6.45) is 4.36. The minimum absolute atomic E-state index is 0.359. The largest absolute Gasteiger partial charge is 0.481 e. The fraction of sp³-hybridized carbons (Fsp3) is 0.917. The zero-order chi connectivity index (χ0) is 11.1. The summed E-state index contributed by atoms with van der Waals surface area (Å²) in [6.45, 7) is 4.58. The first-order chi connectivity index (χ1) is 7.74. The third-order valence-electron chi connectivity index (χ3n) is 4.49. The number of fused-ring (bicyclic) bond motifs is 1. The normalized spacial score (nSPS) is 36.2. The van der Waals surface area contributed by atoms with Gasteiger partial charge in [-0.1, -0.05) is 0 Å². The van der Waals surface area contributed by atoms with Crippen molar-refractivity contribution in [2.75, 3.05) is 26.2 Å². The van der Waals surface area contributed by atoms with Gasteiger partial charge in [0.1, 0.15) is 0 Å². The lowest BCUT2D eigenvalue weighted by molar-refractivity contribution is -0.139. The Kier molecular flexibility index (Phi) is 2.64. The molecule has 3 saturated heterocycles. The Morgan fingerprint density at radius 1 is 1.12 bits per heavy atom. The molecule has 3 aliphatic heterocycles. The van der Waals surface area contributed by atoms with Crippen molar-refractivity contribution < 1.29 is 9.90 Å². The maximum absolute atomic E-state index is 10.6. The monoisotopic (exact) mass is 224 g/mol. The number of likely N-dealkylation sites (tertiary alicyclic amines) is 1. The smallest absolute Gasteiger partial charge is 0.303 e. The quantitative estimate of drug-likeness (QED) is 0.763. The summed E-state index contributed by atoms with van der Waals surface area (Å²) in [6, 6.07) is 1.51. The molecule has 0 aromatic rings. The molecule has 1 N–H and O–H groups in total. The number of rotatable bonds is 3. The van der Waals surface area contributed by atoms with E-state index in [9.17, 15) is 4.79 Å². The van der Waals surface area contributed by atoms with Gasteiger partial charge < -0.3 is 5.11 Å². The summed E-state index contributed by atoms with van der Waals surface area (Å²) < 4.78 is 0.